The van der Waals surface area contributed by atoms with Crippen LogP contribution in [0.1, 0.15) is 44.5 Å². The number of rotatable bonds is 11. The Bertz CT molecular complexity index is 6740. The van der Waals surface area contributed by atoms with Crippen LogP contribution >= 0.6 is 0 Å². The smallest absolute Gasteiger partial charge is 0.164 e. The predicted molar refractivity (Wildman–Crippen MR) is 448 cm³/mol. The first-order chi connectivity index (χ1) is 55.5. The van der Waals surface area contributed by atoms with Gasteiger partial charge in [-0.2, -0.15) is 0 Å². The molecule has 4 aliphatic rings. The van der Waals surface area contributed by atoms with Crippen molar-refractivity contribution in [1.29, 1.82) is 0 Å². The van der Waals surface area contributed by atoms with Crippen LogP contribution < -0.4 is 9.47 Å². The van der Waals surface area contributed by atoms with Gasteiger partial charge in [0.25, 0.3) is 0 Å². The maximum absolute atomic E-state index is 7.16. The summed E-state index contributed by atoms with van der Waals surface area (Å²) < 4.78 is 14.2. The van der Waals surface area contributed by atoms with Gasteiger partial charge in [0.1, 0.15) is 23.0 Å². The van der Waals surface area contributed by atoms with Gasteiger partial charge in [-0.3, -0.25) is 0 Å². The lowest BCUT2D eigenvalue weighted by Crippen LogP contribution is -2.32. The zero-order valence-corrected chi connectivity index (χ0v) is 60.5. The molecule has 8 heteroatoms. The number of hydrogen-bond donors (Lipinski definition) is 0. The fourth-order valence-corrected chi connectivity index (χ4v) is 18.1. The topological polar surface area (TPSA) is 95.8 Å². The second-order valence-electron chi connectivity index (χ2n) is 29.0. The van der Waals surface area contributed by atoms with Crippen molar-refractivity contribution < 1.29 is 9.47 Å². The van der Waals surface area contributed by atoms with E-state index in [2.05, 4.69) is 328 Å². The van der Waals surface area contributed by atoms with Crippen LogP contribution in [0, 0.1) is 0 Å². The minimum Gasteiger partial charge on any atom is -0.456 e. The molecule has 0 saturated carbocycles. The highest BCUT2D eigenvalue weighted by atomic mass is 16.5. The van der Waals surface area contributed by atoms with Crippen LogP contribution in [0.5, 0.6) is 23.0 Å². The first-order valence-electron chi connectivity index (χ1n) is 38.0. The van der Waals surface area contributed by atoms with Gasteiger partial charge in [-0.15, -0.1) is 0 Å². The van der Waals surface area contributed by atoms with E-state index in [1.807, 2.05) is 60.7 Å². The van der Waals surface area contributed by atoms with E-state index in [1.54, 1.807) is 0 Å². The minimum atomic E-state index is -0.581. The monoisotopic (exact) mass is 1430 g/mol. The Morgan fingerprint density at radius 2 is 0.411 bits per heavy atom. The average Bonchev–Trinajstić information content (AvgIpc) is 1.49. The van der Waals surface area contributed by atoms with Crippen molar-refractivity contribution in [3.63, 3.8) is 0 Å². The van der Waals surface area contributed by atoms with Gasteiger partial charge >= 0.3 is 0 Å². The molecule has 22 rings (SSSR count). The molecule has 2 aliphatic heterocycles. The van der Waals surface area contributed by atoms with Crippen molar-refractivity contribution in [2.24, 2.45) is 0 Å². The highest BCUT2D eigenvalue weighted by Gasteiger charge is 2.53. The molecule has 112 heavy (non-hydrogen) atoms. The average molecular weight is 1430 g/mol. The Labute approximate surface area is 648 Å². The molecule has 0 atom stereocenters. The van der Waals surface area contributed by atoms with Crippen LogP contribution in [0.25, 0.3) is 146 Å². The number of ether oxygens (including phenoxy) is 2. The molecule has 522 valence electrons. The molecule has 2 aromatic heterocycles. The summed E-state index contributed by atoms with van der Waals surface area (Å²) in [5, 5.41) is 0. The summed E-state index contributed by atoms with van der Waals surface area (Å²) in [5.74, 6) is 6.79. The molecule has 2 spiro atoms. The van der Waals surface area contributed by atoms with Gasteiger partial charge < -0.3 is 9.47 Å². The van der Waals surface area contributed by atoms with Crippen LogP contribution in [-0.2, 0) is 10.8 Å². The number of aromatic nitrogens is 6. The quantitative estimate of drug-likeness (QED) is 0.126. The van der Waals surface area contributed by atoms with Crippen molar-refractivity contribution >= 4 is 0 Å². The second-order valence-corrected chi connectivity index (χ2v) is 29.0. The normalized spacial score (nSPS) is 13.1. The van der Waals surface area contributed by atoms with E-state index in [4.69, 9.17) is 39.4 Å². The SMILES string of the molecule is c1ccc(-c2nc(-c3ccc(-c4ccccc4-c4cccc5c4Oc4ccccc4C54c5ccccc5-c5ccccc54)cc3)nc(-c3cccc(-c4cccc(-c5nc(-c6ccccc6)nc(-c6ccccc6-c6ccc(-c7cccc8c7Oc7ccccc7C87c8ccccc8-c8ccccc87)cc6)n5)c4)c3)n2)cc1. The Hall–Kier alpha value is -14.9. The molecule has 0 fully saturated rings. The third-order valence-electron chi connectivity index (χ3n) is 23.0. The molecule has 0 N–H and O–H groups in total. The van der Waals surface area contributed by atoms with E-state index in [1.165, 1.54) is 44.5 Å². The Morgan fingerprint density at radius 3 is 0.848 bits per heavy atom. The van der Waals surface area contributed by atoms with Gasteiger partial charge in [-0.05, 0) is 113 Å². The summed E-state index contributed by atoms with van der Waals surface area (Å²) >= 11 is 0. The fourth-order valence-electron chi connectivity index (χ4n) is 18.1. The lowest BCUT2D eigenvalue weighted by molar-refractivity contribution is 0.438. The zero-order chi connectivity index (χ0) is 73.9. The molecule has 0 unspecified atom stereocenters. The summed E-state index contributed by atoms with van der Waals surface area (Å²) in [6.07, 6.45) is 0. The van der Waals surface area contributed by atoms with Crippen molar-refractivity contribution in [2.75, 3.05) is 0 Å². The highest BCUT2D eigenvalue weighted by molar-refractivity contribution is 5.95. The lowest BCUT2D eigenvalue weighted by Gasteiger charge is -2.40. The summed E-state index contributed by atoms with van der Waals surface area (Å²) in [7, 11) is 0. The third-order valence-corrected chi connectivity index (χ3v) is 23.0. The van der Waals surface area contributed by atoms with Crippen LogP contribution in [0.4, 0.5) is 0 Å². The standard InChI is InChI=1S/C104H64N6O2/c1-3-27-68(28-4-1)97-105-99(70-61-59-65(60-62-70)75-35-7-9-37-78(75)83-44-26-52-92-96(83)112-94-54-22-20-50-90(94)104(92)87-47-17-13-40-81(87)82-41-14-18-48-88(82)104)108-100(106-97)73-33-23-31-71(63-73)72-32-24-34-74(64-72)101-107-98(69-29-5-2-6-30-69)109-102(110-101)84-42-10-8-36-76(84)66-55-57-67(58-56-66)77-43-25-51-91-95(77)111-93-53-21-19-49-89(93)103(91)85-45-15-11-38-79(85)80-39-12-16-46-86(80)103/h1-64H. The number of fused-ring (bicyclic) bond motifs is 18. The number of nitrogens with zero attached hydrogens (tertiary/aromatic N) is 6. The van der Waals surface area contributed by atoms with E-state index in [0.29, 0.717) is 34.9 Å². The first kappa shape index (κ1) is 64.3. The molecule has 18 aromatic rings. The van der Waals surface area contributed by atoms with E-state index in [9.17, 15) is 0 Å². The van der Waals surface area contributed by atoms with Gasteiger partial charge in [0.05, 0.1) is 10.8 Å². The maximum Gasteiger partial charge on any atom is 0.164 e. The number of benzene rings is 16. The fraction of sp³-hybridized carbons (Fsp3) is 0.0192. The van der Waals surface area contributed by atoms with E-state index in [-0.39, 0.29) is 0 Å². The molecular weight excluding hydrogens is 1370 g/mol. The van der Waals surface area contributed by atoms with Crippen LogP contribution in [0.15, 0.2) is 388 Å². The molecule has 4 heterocycles. The van der Waals surface area contributed by atoms with Crippen molar-refractivity contribution in [2.45, 2.75) is 10.8 Å². The molecule has 8 nitrogen and oxygen atoms in total. The molecule has 16 aromatic carbocycles. The molecule has 2 aliphatic carbocycles. The largest absolute Gasteiger partial charge is 0.456 e. The summed E-state index contributed by atoms with van der Waals surface area (Å²) in [4.78, 5) is 31.6. The van der Waals surface area contributed by atoms with E-state index >= 15 is 0 Å². The van der Waals surface area contributed by atoms with Crippen molar-refractivity contribution in [3.8, 4) is 169 Å². The first-order valence-corrected chi connectivity index (χ1v) is 38.0. The lowest BCUT2D eigenvalue weighted by atomic mass is 9.65. The summed E-state index contributed by atoms with van der Waals surface area (Å²) in [6.45, 7) is 0. The second kappa shape index (κ2) is 25.9. The predicted octanol–water partition coefficient (Wildman–Crippen LogP) is 25.3. The van der Waals surface area contributed by atoms with Gasteiger partial charge in [0.15, 0.2) is 34.9 Å². The minimum absolute atomic E-state index is 0.547. The summed E-state index contributed by atoms with van der Waals surface area (Å²) in [6, 6.07) is 137. The van der Waals surface area contributed by atoms with E-state index in [0.717, 1.165) is 134 Å². The molecular formula is C104H64N6O2. The number of hydrogen-bond acceptors (Lipinski definition) is 8. The summed E-state index contributed by atoms with van der Waals surface area (Å²) in [5.41, 5.74) is 28.8. The van der Waals surface area contributed by atoms with Gasteiger partial charge in [0, 0.05) is 66.8 Å². The Balaban J connectivity index is 0.588. The van der Waals surface area contributed by atoms with Crippen LogP contribution in [-0.4, -0.2) is 29.9 Å². The van der Waals surface area contributed by atoms with Gasteiger partial charge in [-0.1, -0.05) is 364 Å². The maximum atomic E-state index is 7.16. The molecule has 0 saturated heterocycles. The van der Waals surface area contributed by atoms with Crippen LogP contribution in [0.2, 0.25) is 0 Å². The Morgan fingerprint density at radius 1 is 0.152 bits per heavy atom. The van der Waals surface area contributed by atoms with Gasteiger partial charge in [0.2, 0.25) is 0 Å². The van der Waals surface area contributed by atoms with Crippen LogP contribution in [0.3, 0.4) is 0 Å². The number of para-hydroxylation sites is 4. The molecule has 0 amide bonds. The zero-order valence-electron chi connectivity index (χ0n) is 60.5. The third kappa shape index (κ3) is 10.1. The highest BCUT2D eigenvalue weighted by Crippen LogP contribution is 2.65. The van der Waals surface area contributed by atoms with Crippen molar-refractivity contribution in [1.82, 2.24) is 29.9 Å². The van der Waals surface area contributed by atoms with Gasteiger partial charge in [-0.25, -0.2) is 29.9 Å². The van der Waals surface area contributed by atoms with E-state index < -0.39 is 10.8 Å². The Kier molecular flexibility index (Phi) is 14.9. The van der Waals surface area contributed by atoms with Crippen molar-refractivity contribution in [3.05, 3.63) is 433 Å². The molecule has 0 bridgehead atoms. The molecule has 0 radical (unpaired) electrons.